The summed E-state index contributed by atoms with van der Waals surface area (Å²) in [6, 6.07) is 9.09. The van der Waals surface area contributed by atoms with E-state index in [2.05, 4.69) is 31.2 Å². The monoisotopic (exact) mass is 334 g/mol. The lowest BCUT2D eigenvalue weighted by atomic mass is 9.78. The Hall–Kier alpha value is -0.930. The number of halogens is 1. The molecule has 1 aromatic carbocycles. The summed E-state index contributed by atoms with van der Waals surface area (Å²) >= 11 is 0. The van der Waals surface area contributed by atoms with Crippen LogP contribution in [-0.4, -0.2) is 25.2 Å². The molecule has 0 radical (unpaired) electrons. The molecule has 0 amide bonds. The highest BCUT2D eigenvalue weighted by atomic mass is 19.1. The van der Waals surface area contributed by atoms with Gasteiger partial charge in [-0.3, -0.25) is 0 Å². The number of benzene rings is 1. The summed E-state index contributed by atoms with van der Waals surface area (Å²) < 4.78 is 25.9. The molecule has 3 rings (SSSR count). The minimum absolute atomic E-state index is 0.198. The number of alkyl halides is 1. The summed E-state index contributed by atoms with van der Waals surface area (Å²) in [4.78, 5) is 0. The lowest BCUT2D eigenvalue weighted by molar-refractivity contribution is -0.257. The fourth-order valence-corrected chi connectivity index (χ4v) is 4.17. The van der Waals surface area contributed by atoms with Gasteiger partial charge in [0.15, 0.2) is 12.0 Å². The minimum Gasteiger partial charge on any atom is -0.349 e. The van der Waals surface area contributed by atoms with Crippen molar-refractivity contribution in [3.8, 4) is 0 Å². The number of ether oxygens (including phenoxy) is 2. The van der Waals surface area contributed by atoms with Gasteiger partial charge in [0.25, 0.3) is 0 Å². The third-order valence-electron chi connectivity index (χ3n) is 5.73. The SMILES string of the molecule is CCCC1(F)COC(C2CCC(c3ccc(CC)cc3)CC2)OC1. The molecule has 2 fully saturated rings. The van der Waals surface area contributed by atoms with E-state index in [1.165, 1.54) is 24.0 Å². The number of rotatable bonds is 5. The molecule has 3 heteroatoms. The highest BCUT2D eigenvalue weighted by Crippen LogP contribution is 2.39. The van der Waals surface area contributed by atoms with Gasteiger partial charge < -0.3 is 9.47 Å². The van der Waals surface area contributed by atoms with E-state index in [1.807, 2.05) is 6.92 Å². The maximum absolute atomic E-state index is 14.4. The summed E-state index contributed by atoms with van der Waals surface area (Å²) in [5.74, 6) is 1.07. The normalized spacial score (nSPS) is 34.2. The topological polar surface area (TPSA) is 18.5 Å². The fourth-order valence-electron chi connectivity index (χ4n) is 4.17. The molecular weight excluding hydrogens is 303 g/mol. The predicted octanol–water partition coefficient (Wildman–Crippen LogP) is 5.40. The van der Waals surface area contributed by atoms with Gasteiger partial charge in [0.2, 0.25) is 0 Å². The van der Waals surface area contributed by atoms with Crippen molar-refractivity contribution in [3.05, 3.63) is 35.4 Å². The van der Waals surface area contributed by atoms with Gasteiger partial charge in [-0.1, -0.05) is 44.5 Å². The van der Waals surface area contributed by atoms with E-state index in [9.17, 15) is 4.39 Å². The molecule has 1 heterocycles. The number of hydrogen-bond acceptors (Lipinski definition) is 2. The molecule has 1 saturated carbocycles. The first-order valence-corrected chi connectivity index (χ1v) is 9.64. The van der Waals surface area contributed by atoms with Crippen LogP contribution in [0, 0.1) is 5.92 Å². The van der Waals surface area contributed by atoms with Crippen LogP contribution in [0.25, 0.3) is 0 Å². The van der Waals surface area contributed by atoms with Crippen molar-refractivity contribution in [2.45, 2.75) is 76.7 Å². The van der Waals surface area contributed by atoms with Gasteiger partial charge in [0.1, 0.15) is 0 Å². The van der Waals surface area contributed by atoms with E-state index in [1.54, 1.807) is 0 Å². The van der Waals surface area contributed by atoms with Gasteiger partial charge in [0, 0.05) is 5.92 Å². The second-order valence-corrected chi connectivity index (χ2v) is 7.60. The third kappa shape index (κ3) is 4.18. The van der Waals surface area contributed by atoms with Crippen molar-refractivity contribution in [3.63, 3.8) is 0 Å². The van der Waals surface area contributed by atoms with E-state index < -0.39 is 5.67 Å². The molecule has 0 atom stereocenters. The Morgan fingerprint density at radius 3 is 2.17 bits per heavy atom. The largest absolute Gasteiger partial charge is 0.349 e. The average Bonchev–Trinajstić information content (AvgIpc) is 2.63. The van der Waals surface area contributed by atoms with Crippen molar-refractivity contribution in [1.82, 2.24) is 0 Å². The quantitative estimate of drug-likeness (QED) is 0.717. The highest BCUT2D eigenvalue weighted by Gasteiger charge is 2.39. The first-order chi connectivity index (χ1) is 11.6. The maximum atomic E-state index is 14.4. The van der Waals surface area contributed by atoms with E-state index in [4.69, 9.17) is 9.47 Å². The van der Waals surface area contributed by atoms with E-state index >= 15 is 0 Å². The van der Waals surface area contributed by atoms with Crippen LogP contribution in [0.5, 0.6) is 0 Å². The van der Waals surface area contributed by atoms with Gasteiger partial charge in [-0.15, -0.1) is 0 Å². The van der Waals surface area contributed by atoms with Gasteiger partial charge in [0.05, 0.1) is 13.2 Å². The van der Waals surface area contributed by atoms with Crippen LogP contribution in [0.1, 0.15) is 69.4 Å². The molecule has 0 N–H and O–H groups in total. The zero-order valence-electron chi connectivity index (χ0n) is 15.1. The second kappa shape index (κ2) is 7.97. The van der Waals surface area contributed by atoms with Gasteiger partial charge in [-0.05, 0) is 55.6 Å². The minimum atomic E-state index is -1.27. The Balaban J connectivity index is 1.48. The summed E-state index contributed by atoms with van der Waals surface area (Å²) in [5, 5.41) is 0. The molecule has 0 spiro atoms. The molecule has 0 bridgehead atoms. The van der Waals surface area contributed by atoms with Crippen LogP contribution in [0.2, 0.25) is 0 Å². The van der Waals surface area contributed by atoms with Crippen LogP contribution in [0.4, 0.5) is 4.39 Å². The van der Waals surface area contributed by atoms with Crippen molar-refractivity contribution in [2.75, 3.05) is 13.2 Å². The summed E-state index contributed by atoms with van der Waals surface area (Å²) in [5.41, 5.74) is 1.59. The molecule has 1 saturated heterocycles. The molecule has 134 valence electrons. The van der Waals surface area contributed by atoms with Crippen molar-refractivity contribution in [2.24, 2.45) is 5.92 Å². The van der Waals surface area contributed by atoms with Crippen LogP contribution < -0.4 is 0 Å². The number of hydrogen-bond donors (Lipinski definition) is 0. The number of aryl methyl sites for hydroxylation is 1. The van der Waals surface area contributed by atoms with Crippen LogP contribution in [-0.2, 0) is 15.9 Å². The van der Waals surface area contributed by atoms with Crippen LogP contribution >= 0.6 is 0 Å². The van der Waals surface area contributed by atoms with Crippen LogP contribution in [0.3, 0.4) is 0 Å². The summed E-state index contributed by atoms with van der Waals surface area (Å²) in [6.07, 6.45) is 6.82. The van der Waals surface area contributed by atoms with Crippen LogP contribution in [0.15, 0.2) is 24.3 Å². The Labute approximate surface area is 145 Å². The molecule has 2 aliphatic rings. The molecule has 0 aromatic heterocycles. The van der Waals surface area contributed by atoms with Gasteiger partial charge >= 0.3 is 0 Å². The van der Waals surface area contributed by atoms with Gasteiger partial charge in [-0.25, -0.2) is 4.39 Å². The lowest BCUT2D eigenvalue weighted by Gasteiger charge is -2.40. The zero-order valence-corrected chi connectivity index (χ0v) is 15.1. The molecule has 1 aliphatic heterocycles. The molecular formula is C21H31FO2. The lowest BCUT2D eigenvalue weighted by Crippen LogP contribution is -2.46. The summed E-state index contributed by atoms with van der Waals surface area (Å²) in [6.45, 7) is 4.59. The molecule has 0 unspecified atom stereocenters. The Morgan fingerprint density at radius 1 is 1.00 bits per heavy atom. The van der Waals surface area contributed by atoms with Crippen molar-refractivity contribution < 1.29 is 13.9 Å². The maximum Gasteiger partial charge on any atom is 0.160 e. The van der Waals surface area contributed by atoms with Crippen molar-refractivity contribution in [1.29, 1.82) is 0 Å². The van der Waals surface area contributed by atoms with Crippen molar-refractivity contribution >= 4 is 0 Å². The molecule has 2 nitrogen and oxygen atoms in total. The molecule has 1 aromatic rings. The first kappa shape index (κ1) is 17.9. The smallest absolute Gasteiger partial charge is 0.160 e. The van der Waals surface area contributed by atoms with E-state index in [-0.39, 0.29) is 19.5 Å². The zero-order chi connectivity index (χ0) is 17.0. The van der Waals surface area contributed by atoms with Gasteiger partial charge in [-0.2, -0.15) is 0 Å². The fraction of sp³-hybridized carbons (Fsp3) is 0.714. The Bertz CT molecular complexity index is 497. The molecule has 1 aliphatic carbocycles. The first-order valence-electron chi connectivity index (χ1n) is 9.64. The third-order valence-corrected chi connectivity index (χ3v) is 5.73. The standard InChI is InChI=1S/C21H31FO2/c1-3-13-21(22)14-23-20(24-15-21)19-11-9-18(10-12-19)17-7-5-16(4-2)6-8-17/h5-8,18-20H,3-4,9-15H2,1-2H3. The van der Waals surface area contributed by atoms with E-state index in [0.29, 0.717) is 18.3 Å². The Morgan fingerprint density at radius 2 is 1.62 bits per heavy atom. The average molecular weight is 334 g/mol. The van der Waals surface area contributed by atoms with E-state index in [0.717, 1.165) is 25.7 Å². The second-order valence-electron chi connectivity index (χ2n) is 7.60. The molecule has 24 heavy (non-hydrogen) atoms. The Kier molecular flexibility index (Phi) is 5.93. The predicted molar refractivity (Wildman–Crippen MR) is 95.0 cm³/mol. The summed E-state index contributed by atoms with van der Waals surface area (Å²) in [7, 11) is 0. The highest BCUT2D eigenvalue weighted by molar-refractivity contribution is 5.25.